The number of aromatic amines is 1. The van der Waals surface area contributed by atoms with Gasteiger partial charge in [-0.2, -0.15) is 4.98 Å². The van der Waals surface area contributed by atoms with Crippen molar-refractivity contribution in [3.05, 3.63) is 27.4 Å². The lowest BCUT2D eigenvalue weighted by atomic mass is 10.1. The topological polar surface area (TPSA) is 86.3 Å². The highest BCUT2D eigenvalue weighted by molar-refractivity contribution is 5.70. The molecule has 15 heavy (non-hydrogen) atoms. The van der Waals surface area contributed by atoms with Gasteiger partial charge in [-0.3, -0.25) is 9.69 Å². The van der Waals surface area contributed by atoms with E-state index in [9.17, 15) is 9.59 Å². The summed E-state index contributed by atoms with van der Waals surface area (Å²) in [5.74, 6) is -0.968. The first-order chi connectivity index (χ1) is 7.06. The Morgan fingerprint density at radius 2 is 2.33 bits per heavy atom. The number of carboxylic acids is 1. The van der Waals surface area contributed by atoms with Crippen molar-refractivity contribution in [1.82, 2.24) is 14.9 Å². The number of aromatic nitrogens is 2. The van der Waals surface area contributed by atoms with E-state index in [0.717, 1.165) is 11.3 Å². The van der Waals surface area contributed by atoms with Gasteiger partial charge >= 0.3 is 11.7 Å². The van der Waals surface area contributed by atoms with Crippen LogP contribution in [0.15, 0.2) is 4.79 Å². The van der Waals surface area contributed by atoms with Gasteiger partial charge < -0.3 is 10.1 Å². The van der Waals surface area contributed by atoms with E-state index in [4.69, 9.17) is 5.11 Å². The molecule has 0 radical (unpaired) electrons. The van der Waals surface area contributed by atoms with Crippen LogP contribution >= 0.6 is 0 Å². The van der Waals surface area contributed by atoms with Gasteiger partial charge in [-0.05, 0) is 7.05 Å². The van der Waals surface area contributed by atoms with E-state index in [1.807, 2.05) is 11.9 Å². The molecule has 80 valence electrons. The van der Waals surface area contributed by atoms with Crippen LogP contribution in [0.4, 0.5) is 0 Å². The first-order valence-corrected chi connectivity index (χ1v) is 4.57. The second kappa shape index (κ2) is 3.47. The largest absolute Gasteiger partial charge is 0.481 e. The minimum Gasteiger partial charge on any atom is -0.481 e. The maximum atomic E-state index is 11.2. The third-order valence-electron chi connectivity index (χ3n) is 2.38. The number of hydrogen-bond donors (Lipinski definition) is 2. The fourth-order valence-corrected chi connectivity index (χ4v) is 1.80. The predicted octanol–water partition coefficient (Wildman–Crippen LogP) is -0.658. The third-order valence-corrected chi connectivity index (χ3v) is 2.38. The Kier molecular flexibility index (Phi) is 2.28. The molecule has 0 fully saturated rings. The molecule has 0 spiro atoms. The fourth-order valence-electron chi connectivity index (χ4n) is 1.80. The summed E-state index contributed by atoms with van der Waals surface area (Å²) in [6.07, 6.45) is -0.194. The quantitative estimate of drug-likeness (QED) is 0.675. The molecule has 1 aliphatic heterocycles. The summed E-state index contributed by atoms with van der Waals surface area (Å²) >= 11 is 0. The van der Waals surface area contributed by atoms with Gasteiger partial charge in [-0.25, -0.2) is 4.79 Å². The van der Waals surface area contributed by atoms with Crippen LogP contribution in [0.2, 0.25) is 0 Å². The zero-order chi connectivity index (χ0) is 11.0. The predicted molar refractivity (Wildman–Crippen MR) is 51.4 cm³/mol. The molecular weight excluding hydrogens is 198 g/mol. The molecule has 1 aliphatic rings. The number of rotatable bonds is 2. The number of hydrogen-bond acceptors (Lipinski definition) is 4. The van der Waals surface area contributed by atoms with E-state index in [1.165, 1.54) is 0 Å². The second-order valence-electron chi connectivity index (χ2n) is 3.69. The van der Waals surface area contributed by atoms with Crippen molar-refractivity contribution in [2.75, 3.05) is 7.05 Å². The van der Waals surface area contributed by atoms with Gasteiger partial charge in [-0.15, -0.1) is 0 Å². The lowest BCUT2D eigenvalue weighted by Gasteiger charge is -2.04. The van der Waals surface area contributed by atoms with Crippen molar-refractivity contribution >= 4 is 5.97 Å². The Labute approximate surface area is 85.6 Å². The fraction of sp³-hybridized carbons (Fsp3) is 0.444. The summed E-state index contributed by atoms with van der Waals surface area (Å²) in [4.78, 5) is 30.1. The van der Waals surface area contributed by atoms with Gasteiger partial charge in [0.2, 0.25) is 0 Å². The molecule has 6 heteroatoms. The van der Waals surface area contributed by atoms with E-state index < -0.39 is 11.7 Å². The van der Waals surface area contributed by atoms with Crippen LogP contribution < -0.4 is 5.69 Å². The van der Waals surface area contributed by atoms with Gasteiger partial charge in [0, 0.05) is 24.3 Å². The van der Waals surface area contributed by atoms with Crippen LogP contribution in [-0.2, 0) is 24.3 Å². The molecule has 0 aliphatic carbocycles. The summed E-state index contributed by atoms with van der Waals surface area (Å²) in [7, 11) is 1.91. The van der Waals surface area contributed by atoms with Crippen molar-refractivity contribution in [3.8, 4) is 0 Å². The van der Waals surface area contributed by atoms with Crippen LogP contribution in [-0.4, -0.2) is 33.0 Å². The molecule has 0 unspecified atom stereocenters. The average molecular weight is 209 g/mol. The van der Waals surface area contributed by atoms with Crippen LogP contribution in [0, 0.1) is 0 Å². The first kappa shape index (κ1) is 9.85. The van der Waals surface area contributed by atoms with Gasteiger partial charge in [0.15, 0.2) is 0 Å². The summed E-state index contributed by atoms with van der Waals surface area (Å²) in [5.41, 5.74) is 1.54. The zero-order valence-corrected chi connectivity index (χ0v) is 8.28. The number of carboxylic acid groups (broad SMARTS) is 1. The molecule has 1 aromatic heterocycles. The van der Waals surface area contributed by atoms with E-state index in [1.54, 1.807) is 0 Å². The molecule has 2 N–H and O–H groups in total. The van der Waals surface area contributed by atoms with Gasteiger partial charge in [-0.1, -0.05) is 0 Å². The SMILES string of the molecule is CN1Cc2[nH]c(=O)nc(CC(=O)O)c2C1. The number of carbonyl (C=O) groups is 1. The standard InChI is InChI=1S/C9H11N3O3/c1-12-3-5-6(2-8(13)14)10-9(15)11-7(5)4-12/h2-4H2,1H3,(H,13,14)(H,10,11,15). The Morgan fingerprint density at radius 3 is 3.00 bits per heavy atom. The van der Waals surface area contributed by atoms with E-state index in [0.29, 0.717) is 18.8 Å². The number of aliphatic carboxylic acids is 1. The van der Waals surface area contributed by atoms with Crippen molar-refractivity contribution < 1.29 is 9.90 Å². The molecule has 0 amide bonds. The molecule has 0 bridgehead atoms. The molecule has 6 nitrogen and oxygen atoms in total. The highest BCUT2D eigenvalue weighted by Gasteiger charge is 2.22. The lowest BCUT2D eigenvalue weighted by Crippen LogP contribution is -2.18. The van der Waals surface area contributed by atoms with Crippen LogP contribution in [0.25, 0.3) is 0 Å². The third kappa shape index (κ3) is 1.89. The number of fused-ring (bicyclic) bond motifs is 1. The molecule has 0 saturated heterocycles. The maximum Gasteiger partial charge on any atom is 0.345 e. The zero-order valence-electron chi connectivity index (χ0n) is 8.28. The second-order valence-corrected chi connectivity index (χ2v) is 3.69. The summed E-state index contributed by atoms with van der Waals surface area (Å²) < 4.78 is 0. The highest BCUT2D eigenvalue weighted by atomic mass is 16.4. The Hall–Kier alpha value is -1.69. The van der Waals surface area contributed by atoms with E-state index >= 15 is 0 Å². The molecule has 0 atom stereocenters. The maximum absolute atomic E-state index is 11.2. The van der Waals surface area contributed by atoms with E-state index in [2.05, 4.69) is 9.97 Å². The van der Waals surface area contributed by atoms with Gasteiger partial charge in [0.1, 0.15) is 0 Å². The van der Waals surface area contributed by atoms with Crippen LogP contribution in [0.1, 0.15) is 17.0 Å². The number of nitrogens with one attached hydrogen (secondary N) is 1. The average Bonchev–Trinajstić information content (AvgIpc) is 2.44. The van der Waals surface area contributed by atoms with Crippen molar-refractivity contribution in [3.63, 3.8) is 0 Å². The van der Waals surface area contributed by atoms with Crippen molar-refractivity contribution in [2.24, 2.45) is 0 Å². The molecule has 0 aromatic carbocycles. The van der Waals surface area contributed by atoms with Crippen molar-refractivity contribution in [1.29, 1.82) is 0 Å². The van der Waals surface area contributed by atoms with Gasteiger partial charge in [0.25, 0.3) is 0 Å². The smallest absolute Gasteiger partial charge is 0.345 e. The minimum absolute atomic E-state index is 0.194. The highest BCUT2D eigenvalue weighted by Crippen LogP contribution is 2.20. The van der Waals surface area contributed by atoms with Gasteiger partial charge in [0.05, 0.1) is 12.1 Å². The molecule has 2 rings (SSSR count). The molecule has 1 aromatic rings. The molecule has 2 heterocycles. The number of H-pyrrole nitrogens is 1. The molecule has 0 saturated carbocycles. The molecular formula is C9H11N3O3. The van der Waals surface area contributed by atoms with Crippen LogP contribution in [0.3, 0.4) is 0 Å². The monoisotopic (exact) mass is 209 g/mol. The first-order valence-electron chi connectivity index (χ1n) is 4.57. The van der Waals surface area contributed by atoms with Crippen molar-refractivity contribution in [2.45, 2.75) is 19.5 Å². The van der Waals surface area contributed by atoms with E-state index in [-0.39, 0.29) is 6.42 Å². The number of nitrogens with zero attached hydrogens (tertiary/aromatic N) is 2. The summed E-state index contributed by atoms with van der Waals surface area (Å²) in [5, 5.41) is 8.69. The normalized spacial score (nSPS) is 15.3. The summed E-state index contributed by atoms with van der Waals surface area (Å²) in [6.45, 7) is 1.28. The Morgan fingerprint density at radius 1 is 1.60 bits per heavy atom. The summed E-state index contributed by atoms with van der Waals surface area (Å²) in [6, 6.07) is 0. The minimum atomic E-state index is -0.968. The lowest BCUT2D eigenvalue weighted by molar-refractivity contribution is -0.136. The van der Waals surface area contributed by atoms with Crippen LogP contribution in [0.5, 0.6) is 0 Å². The Balaban J connectivity index is 2.47. The Bertz CT molecular complexity index is 466.